The number of nitrogens with zero attached hydrogens (tertiary/aromatic N) is 1. The van der Waals surface area contributed by atoms with Crippen LogP contribution in [-0.4, -0.2) is 18.6 Å². The van der Waals surface area contributed by atoms with Crippen LogP contribution >= 0.6 is 15.9 Å². The van der Waals surface area contributed by atoms with E-state index in [1.165, 1.54) is 12.1 Å². The van der Waals surface area contributed by atoms with E-state index in [1.54, 1.807) is 0 Å². The monoisotopic (exact) mass is 305 g/mol. The average Bonchev–Trinajstić information content (AvgIpc) is 3.00. The Bertz CT molecular complexity index is 551. The Morgan fingerprint density at radius 2 is 2.00 bits per heavy atom. The molecule has 1 aromatic rings. The number of nitro groups is 1. The summed E-state index contributed by atoms with van der Waals surface area (Å²) in [5, 5.41) is 10.3. The fourth-order valence-corrected chi connectivity index (χ4v) is 3.45. The molecule has 0 saturated heterocycles. The Balaban J connectivity index is 2.51. The van der Waals surface area contributed by atoms with E-state index in [4.69, 9.17) is 0 Å². The molecule has 1 fully saturated rings. The fraction of sp³-hybridized carbons (Fsp3) is 0.333. The third-order valence-corrected chi connectivity index (χ3v) is 5.34. The lowest BCUT2D eigenvalue weighted by atomic mass is 10.3. The number of halogens is 1. The minimum Gasteiger partial charge on any atom is -0.258 e. The van der Waals surface area contributed by atoms with Gasteiger partial charge in [0.05, 0.1) is 19.5 Å². The topological polar surface area (TPSA) is 77.3 Å². The smallest absolute Gasteiger partial charge is 0.258 e. The maximum absolute atomic E-state index is 11.8. The van der Waals surface area contributed by atoms with Gasteiger partial charge in [0.1, 0.15) is 0 Å². The Labute approximate surface area is 101 Å². The minimum absolute atomic E-state index is 0.0323. The Kier molecular flexibility index (Phi) is 2.75. The molecule has 0 aromatic heterocycles. The average molecular weight is 306 g/mol. The second kappa shape index (κ2) is 3.81. The van der Waals surface area contributed by atoms with E-state index >= 15 is 0 Å². The van der Waals surface area contributed by atoms with Crippen LogP contribution in [0.4, 0.5) is 5.69 Å². The number of rotatable bonds is 3. The van der Waals surface area contributed by atoms with Gasteiger partial charge in [-0.05, 0) is 40.9 Å². The largest absolute Gasteiger partial charge is 0.284 e. The van der Waals surface area contributed by atoms with Crippen molar-refractivity contribution in [1.82, 2.24) is 0 Å². The summed E-state index contributed by atoms with van der Waals surface area (Å²) in [6.45, 7) is 0. The molecular formula is C9H8BrNO4S. The number of benzene rings is 1. The summed E-state index contributed by atoms with van der Waals surface area (Å²) in [6.07, 6.45) is 1.29. The summed E-state index contributed by atoms with van der Waals surface area (Å²) in [4.78, 5) is 10.1. The summed E-state index contributed by atoms with van der Waals surface area (Å²) in [7, 11) is -3.36. The molecule has 7 heteroatoms. The van der Waals surface area contributed by atoms with Crippen molar-refractivity contribution in [2.24, 2.45) is 0 Å². The SMILES string of the molecule is O=[N+]([O-])c1cc(S(=O)(=O)C2CC2)ccc1Br. The molecule has 0 heterocycles. The minimum atomic E-state index is -3.36. The zero-order chi connectivity index (χ0) is 11.9. The van der Waals surface area contributed by atoms with Crippen molar-refractivity contribution in [3.63, 3.8) is 0 Å². The molecule has 0 radical (unpaired) electrons. The molecule has 0 atom stereocenters. The van der Waals surface area contributed by atoms with Crippen LogP contribution in [0.3, 0.4) is 0 Å². The van der Waals surface area contributed by atoms with E-state index in [1.807, 2.05) is 0 Å². The van der Waals surface area contributed by atoms with Crippen LogP contribution < -0.4 is 0 Å². The molecule has 1 saturated carbocycles. The standard InChI is InChI=1S/C9H8BrNO4S/c10-8-4-3-7(5-9(8)11(12)13)16(14,15)6-1-2-6/h3-6H,1-2H2. The first kappa shape index (κ1) is 11.5. The van der Waals surface area contributed by atoms with Gasteiger partial charge in [0.2, 0.25) is 0 Å². The first-order valence-corrected chi connectivity index (χ1v) is 6.94. The maximum Gasteiger partial charge on any atom is 0.284 e. The molecular weight excluding hydrogens is 298 g/mol. The third-order valence-electron chi connectivity index (χ3n) is 2.41. The molecule has 5 nitrogen and oxygen atoms in total. The highest BCUT2D eigenvalue weighted by Gasteiger charge is 2.37. The van der Waals surface area contributed by atoms with Gasteiger partial charge in [-0.3, -0.25) is 10.1 Å². The molecule has 0 N–H and O–H groups in total. The molecule has 0 unspecified atom stereocenters. The zero-order valence-corrected chi connectivity index (χ0v) is 10.5. The first-order valence-electron chi connectivity index (χ1n) is 4.61. The lowest BCUT2D eigenvalue weighted by Gasteiger charge is -2.03. The molecule has 0 amide bonds. The van der Waals surface area contributed by atoms with Gasteiger partial charge in [-0.2, -0.15) is 0 Å². The summed E-state index contributed by atoms with van der Waals surface area (Å²) >= 11 is 3.01. The highest BCUT2D eigenvalue weighted by atomic mass is 79.9. The lowest BCUT2D eigenvalue weighted by molar-refractivity contribution is -0.385. The van der Waals surface area contributed by atoms with Crippen molar-refractivity contribution < 1.29 is 13.3 Å². The highest BCUT2D eigenvalue weighted by Crippen LogP contribution is 2.36. The van der Waals surface area contributed by atoms with Gasteiger partial charge in [0, 0.05) is 6.07 Å². The molecule has 1 aromatic carbocycles. The van der Waals surface area contributed by atoms with Crippen molar-refractivity contribution in [2.45, 2.75) is 23.0 Å². The summed E-state index contributed by atoms with van der Waals surface area (Å²) in [5.41, 5.74) is -0.221. The maximum atomic E-state index is 11.8. The Morgan fingerprint density at radius 3 is 2.50 bits per heavy atom. The quantitative estimate of drug-likeness (QED) is 0.634. The summed E-state index contributed by atoms with van der Waals surface area (Å²) < 4.78 is 24.0. The fourth-order valence-electron chi connectivity index (χ4n) is 1.38. The molecule has 2 rings (SSSR count). The number of nitro benzene ring substituents is 1. The van der Waals surface area contributed by atoms with Crippen LogP contribution in [0.5, 0.6) is 0 Å². The van der Waals surface area contributed by atoms with E-state index in [2.05, 4.69) is 15.9 Å². The highest BCUT2D eigenvalue weighted by molar-refractivity contribution is 9.10. The van der Waals surface area contributed by atoms with Gasteiger partial charge in [0.25, 0.3) is 5.69 Å². The van der Waals surface area contributed by atoms with Crippen LogP contribution in [0, 0.1) is 10.1 Å². The Hall–Kier alpha value is -0.950. The second-order valence-electron chi connectivity index (χ2n) is 3.61. The van der Waals surface area contributed by atoms with Gasteiger partial charge in [-0.15, -0.1) is 0 Å². The Morgan fingerprint density at radius 1 is 1.38 bits per heavy atom. The molecule has 1 aliphatic rings. The van der Waals surface area contributed by atoms with E-state index < -0.39 is 14.8 Å². The van der Waals surface area contributed by atoms with Gasteiger partial charge < -0.3 is 0 Å². The van der Waals surface area contributed by atoms with Gasteiger partial charge in [-0.25, -0.2) is 8.42 Å². The van der Waals surface area contributed by atoms with Crippen LogP contribution in [0.15, 0.2) is 27.6 Å². The van der Waals surface area contributed by atoms with Crippen molar-refractivity contribution in [1.29, 1.82) is 0 Å². The lowest BCUT2D eigenvalue weighted by Crippen LogP contribution is -2.07. The number of hydrogen-bond acceptors (Lipinski definition) is 4. The van der Waals surface area contributed by atoms with Crippen LogP contribution in [-0.2, 0) is 9.84 Å². The molecule has 1 aliphatic carbocycles. The van der Waals surface area contributed by atoms with E-state index in [0.717, 1.165) is 6.07 Å². The molecule has 0 bridgehead atoms. The van der Waals surface area contributed by atoms with Gasteiger partial charge >= 0.3 is 0 Å². The number of hydrogen-bond donors (Lipinski definition) is 0. The first-order chi connectivity index (χ1) is 7.43. The van der Waals surface area contributed by atoms with Crippen molar-refractivity contribution in [3.05, 3.63) is 32.8 Å². The van der Waals surface area contributed by atoms with Crippen molar-refractivity contribution in [2.75, 3.05) is 0 Å². The second-order valence-corrected chi connectivity index (χ2v) is 6.70. The third kappa shape index (κ3) is 1.97. The van der Waals surface area contributed by atoms with Crippen LogP contribution in [0.25, 0.3) is 0 Å². The van der Waals surface area contributed by atoms with Crippen LogP contribution in [0.1, 0.15) is 12.8 Å². The summed E-state index contributed by atoms with van der Waals surface area (Å²) in [5.74, 6) is 0. The molecule has 0 spiro atoms. The molecule has 86 valence electrons. The van der Waals surface area contributed by atoms with Crippen LogP contribution in [0.2, 0.25) is 0 Å². The van der Waals surface area contributed by atoms with E-state index in [0.29, 0.717) is 12.8 Å². The van der Waals surface area contributed by atoms with Crippen molar-refractivity contribution >= 4 is 31.5 Å². The predicted molar refractivity (Wildman–Crippen MR) is 61.0 cm³/mol. The predicted octanol–water partition coefficient (Wildman–Crippen LogP) is 2.29. The van der Waals surface area contributed by atoms with E-state index in [-0.39, 0.29) is 20.3 Å². The molecule has 0 aliphatic heterocycles. The van der Waals surface area contributed by atoms with E-state index in [9.17, 15) is 18.5 Å². The van der Waals surface area contributed by atoms with Gasteiger partial charge in [0.15, 0.2) is 9.84 Å². The number of sulfone groups is 1. The normalized spacial score (nSPS) is 16.1. The zero-order valence-electron chi connectivity index (χ0n) is 8.09. The van der Waals surface area contributed by atoms with Crippen molar-refractivity contribution in [3.8, 4) is 0 Å². The summed E-state index contributed by atoms with van der Waals surface area (Å²) in [6, 6.07) is 3.90. The van der Waals surface area contributed by atoms with Gasteiger partial charge in [-0.1, -0.05) is 0 Å². The molecule has 16 heavy (non-hydrogen) atoms.